The number of carboxylic acid groups (broad SMARTS) is 1. The predicted molar refractivity (Wildman–Crippen MR) is 65.9 cm³/mol. The zero-order valence-electron chi connectivity index (χ0n) is 10.1. The molecule has 2 heterocycles. The number of thioether (sulfide) groups is 1. The SMILES string of the molecule is CC1CCN(C(=O)N2C(C)SCC2C(=O)O)C1. The van der Waals surface area contributed by atoms with Crippen LogP contribution in [0.5, 0.6) is 0 Å². The Hall–Kier alpha value is -0.910. The van der Waals surface area contributed by atoms with E-state index in [4.69, 9.17) is 5.11 Å². The smallest absolute Gasteiger partial charge is 0.327 e. The van der Waals surface area contributed by atoms with Crippen molar-refractivity contribution in [3.63, 3.8) is 0 Å². The molecule has 2 amide bonds. The van der Waals surface area contributed by atoms with E-state index in [9.17, 15) is 9.59 Å². The van der Waals surface area contributed by atoms with Crippen molar-refractivity contribution >= 4 is 23.8 Å². The lowest BCUT2D eigenvalue weighted by atomic mass is 10.2. The van der Waals surface area contributed by atoms with Crippen LogP contribution >= 0.6 is 11.8 Å². The second kappa shape index (κ2) is 4.76. The summed E-state index contributed by atoms with van der Waals surface area (Å²) in [4.78, 5) is 26.7. The van der Waals surface area contributed by atoms with Crippen molar-refractivity contribution in [2.75, 3.05) is 18.8 Å². The maximum Gasteiger partial charge on any atom is 0.327 e. The first-order valence-electron chi connectivity index (χ1n) is 5.92. The van der Waals surface area contributed by atoms with Gasteiger partial charge in [-0.3, -0.25) is 4.90 Å². The van der Waals surface area contributed by atoms with Crippen molar-refractivity contribution in [2.45, 2.75) is 31.7 Å². The molecule has 17 heavy (non-hydrogen) atoms. The van der Waals surface area contributed by atoms with Gasteiger partial charge in [-0.15, -0.1) is 11.8 Å². The third kappa shape index (κ3) is 2.36. The minimum absolute atomic E-state index is 0.0421. The molecule has 6 heteroatoms. The number of carbonyl (C=O) groups excluding carboxylic acids is 1. The average Bonchev–Trinajstić information content (AvgIpc) is 2.83. The highest BCUT2D eigenvalue weighted by Crippen LogP contribution is 2.31. The van der Waals surface area contributed by atoms with E-state index in [0.29, 0.717) is 11.7 Å². The molecule has 2 aliphatic heterocycles. The molecule has 2 fully saturated rings. The molecule has 0 aromatic rings. The molecule has 3 atom stereocenters. The summed E-state index contributed by atoms with van der Waals surface area (Å²) in [7, 11) is 0. The lowest BCUT2D eigenvalue weighted by molar-refractivity contribution is -0.141. The summed E-state index contributed by atoms with van der Waals surface area (Å²) in [5.41, 5.74) is 0. The van der Waals surface area contributed by atoms with E-state index in [1.165, 1.54) is 16.7 Å². The molecule has 0 radical (unpaired) electrons. The topological polar surface area (TPSA) is 60.9 Å². The van der Waals surface area contributed by atoms with Crippen LogP contribution in [0.4, 0.5) is 4.79 Å². The van der Waals surface area contributed by atoms with Gasteiger partial charge in [-0.05, 0) is 19.3 Å². The Kier molecular flexibility index (Phi) is 3.51. The van der Waals surface area contributed by atoms with Gasteiger partial charge in [0.15, 0.2) is 0 Å². The molecule has 0 aliphatic carbocycles. The maximum absolute atomic E-state index is 12.3. The van der Waals surface area contributed by atoms with Crippen LogP contribution in [0.2, 0.25) is 0 Å². The fraction of sp³-hybridized carbons (Fsp3) is 0.818. The number of hydrogen-bond donors (Lipinski definition) is 1. The predicted octanol–water partition coefficient (Wildman–Crippen LogP) is 1.30. The standard InChI is InChI=1S/C11H18N2O3S/c1-7-3-4-12(5-7)11(16)13-8(2)17-6-9(13)10(14)15/h7-9H,3-6H2,1-2H3,(H,14,15). The summed E-state index contributed by atoms with van der Waals surface area (Å²) < 4.78 is 0. The number of carbonyl (C=O) groups is 2. The first-order chi connectivity index (χ1) is 8.00. The molecule has 0 aromatic heterocycles. The molecule has 0 aromatic carbocycles. The van der Waals surface area contributed by atoms with E-state index in [2.05, 4.69) is 6.92 Å². The van der Waals surface area contributed by atoms with E-state index in [1.807, 2.05) is 6.92 Å². The van der Waals surface area contributed by atoms with Gasteiger partial charge >= 0.3 is 12.0 Å². The van der Waals surface area contributed by atoms with Crippen LogP contribution in [0.25, 0.3) is 0 Å². The van der Waals surface area contributed by atoms with Crippen LogP contribution < -0.4 is 0 Å². The van der Waals surface area contributed by atoms with Crippen molar-refractivity contribution in [3.05, 3.63) is 0 Å². The molecule has 0 spiro atoms. The van der Waals surface area contributed by atoms with Gasteiger partial charge in [-0.25, -0.2) is 9.59 Å². The summed E-state index contributed by atoms with van der Waals surface area (Å²) in [6.45, 7) is 5.51. The summed E-state index contributed by atoms with van der Waals surface area (Å²) in [5, 5.41) is 9.08. The molecule has 2 saturated heterocycles. The van der Waals surface area contributed by atoms with Gasteiger partial charge in [0.2, 0.25) is 0 Å². The van der Waals surface area contributed by atoms with Crippen molar-refractivity contribution < 1.29 is 14.7 Å². The molecule has 2 aliphatic rings. The molecule has 1 N–H and O–H groups in total. The van der Waals surface area contributed by atoms with Gasteiger partial charge in [0.05, 0.1) is 5.37 Å². The Balaban J connectivity index is 2.09. The quantitative estimate of drug-likeness (QED) is 0.770. The monoisotopic (exact) mass is 258 g/mol. The Bertz CT molecular complexity index is 337. The normalized spacial score (nSPS) is 33.2. The summed E-state index contributed by atoms with van der Waals surface area (Å²) in [6, 6.07) is -0.780. The minimum atomic E-state index is -0.901. The number of nitrogens with zero attached hydrogens (tertiary/aromatic N) is 2. The van der Waals surface area contributed by atoms with Gasteiger partial charge in [-0.2, -0.15) is 0 Å². The fourth-order valence-electron chi connectivity index (χ4n) is 2.40. The maximum atomic E-state index is 12.3. The molecular formula is C11H18N2O3S. The van der Waals surface area contributed by atoms with Crippen LogP contribution in [0, 0.1) is 5.92 Å². The number of carboxylic acids is 1. The number of likely N-dealkylation sites (tertiary alicyclic amines) is 1. The second-order valence-corrected chi connectivity index (χ2v) is 6.17. The number of amides is 2. The molecule has 3 unspecified atom stereocenters. The van der Waals surface area contributed by atoms with Crippen molar-refractivity contribution in [1.82, 2.24) is 9.80 Å². The second-order valence-electron chi connectivity index (χ2n) is 4.82. The van der Waals surface area contributed by atoms with Gasteiger partial charge in [-0.1, -0.05) is 6.92 Å². The van der Waals surface area contributed by atoms with Crippen LogP contribution in [-0.2, 0) is 4.79 Å². The largest absolute Gasteiger partial charge is 0.480 e. The third-order valence-corrected chi connectivity index (χ3v) is 4.64. The fourth-order valence-corrected chi connectivity index (χ4v) is 3.56. The van der Waals surface area contributed by atoms with Crippen molar-refractivity contribution in [3.8, 4) is 0 Å². The lowest BCUT2D eigenvalue weighted by Crippen LogP contribution is -2.50. The Morgan fingerprint density at radius 1 is 1.35 bits per heavy atom. The zero-order chi connectivity index (χ0) is 12.6. The molecule has 96 valence electrons. The first kappa shape index (κ1) is 12.5. The Labute approximate surface area is 105 Å². The highest BCUT2D eigenvalue weighted by atomic mass is 32.2. The van der Waals surface area contributed by atoms with Gasteiger partial charge in [0.1, 0.15) is 6.04 Å². The summed E-state index contributed by atoms with van der Waals surface area (Å²) in [5.74, 6) is 0.112. The van der Waals surface area contributed by atoms with Crippen LogP contribution in [0.15, 0.2) is 0 Å². The van der Waals surface area contributed by atoms with Crippen molar-refractivity contribution in [1.29, 1.82) is 0 Å². The van der Waals surface area contributed by atoms with Crippen LogP contribution in [0.3, 0.4) is 0 Å². The Morgan fingerprint density at radius 3 is 2.59 bits per heavy atom. The van der Waals surface area contributed by atoms with Gasteiger partial charge in [0.25, 0.3) is 0 Å². The molecule has 0 saturated carbocycles. The van der Waals surface area contributed by atoms with Crippen molar-refractivity contribution in [2.24, 2.45) is 5.92 Å². The van der Waals surface area contributed by atoms with Crippen LogP contribution in [-0.4, -0.2) is 57.2 Å². The van der Waals surface area contributed by atoms with E-state index in [1.54, 1.807) is 4.90 Å². The lowest BCUT2D eigenvalue weighted by Gasteiger charge is -2.29. The first-order valence-corrected chi connectivity index (χ1v) is 6.97. The number of aliphatic carboxylic acids is 1. The van der Waals surface area contributed by atoms with E-state index in [0.717, 1.165) is 19.5 Å². The zero-order valence-corrected chi connectivity index (χ0v) is 10.9. The number of urea groups is 1. The van der Waals surface area contributed by atoms with Crippen LogP contribution in [0.1, 0.15) is 20.3 Å². The number of rotatable bonds is 1. The highest BCUT2D eigenvalue weighted by molar-refractivity contribution is 8.00. The van der Waals surface area contributed by atoms with E-state index < -0.39 is 12.0 Å². The molecule has 0 bridgehead atoms. The number of hydrogen-bond acceptors (Lipinski definition) is 3. The average molecular weight is 258 g/mol. The summed E-state index contributed by atoms with van der Waals surface area (Å²) in [6.07, 6.45) is 1.01. The molecular weight excluding hydrogens is 240 g/mol. The third-order valence-electron chi connectivity index (χ3n) is 3.42. The van der Waals surface area contributed by atoms with E-state index in [-0.39, 0.29) is 11.4 Å². The van der Waals surface area contributed by atoms with Gasteiger partial charge in [0, 0.05) is 18.8 Å². The van der Waals surface area contributed by atoms with Gasteiger partial charge < -0.3 is 10.0 Å². The summed E-state index contributed by atoms with van der Waals surface area (Å²) >= 11 is 1.53. The highest BCUT2D eigenvalue weighted by Gasteiger charge is 2.42. The Morgan fingerprint density at radius 2 is 2.06 bits per heavy atom. The minimum Gasteiger partial charge on any atom is -0.480 e. The molecule has 2 rings (SSSR count). The van der Waals surface area contributed by atoms with E-state index >= 15 is 0 Å². The molecule has 5 nitrogen and oxygen atoms in total.